The molecule has 0 radical (unpaired) electrons. The number of hydrogen-bond acceptors (Lipinski definition) is 4. The SMILES string of the molecule is OC1CCN(Cc2cnn(-c3ccccc3)n2)C1. The van der Waals surface area contributed by atoms with E-state index in [0.29, 0.717) is 0 Å². The minimum atomic E-state index is -0.186. The minimum absolute atomic E-state index is 0.186. The molecule has 0 amide bonds. The molecule has 1 saturated heterocycles. The van der Waals surface area contributed by atoms with Gasteiger partial charge in [0.2, 0.25) is 0 Å². The lowest BCUT2D eigenvalue weighted by atomic mass is 10.3. The number of aliphatic hydroxyl groups is 1. The summed E-state index contributed by atoms with van der Waals surface area (Å²) in [6, 6.07) is 9.86. The Morgan fingerprint density at radius 3 is 2.83 bits per heavy atom. The Labute approximate surface area is 106 Å². The van der Waals surface area contributed by atoms with E-state index in [4.69, 9.17) is 0 Å². The third-order valence-corrected chi connectivity index (χ3v) is 3.16. The van der Waals surface area contributed by atoms with Crippen LogP contribution in [0.25, 0.3) is 5.69 Å². The first-order valence-corrected chi connectivity index (χ1v) is 6.18. The van der Waals surface area contributed by atoms with Crippen molar-refractivity contribution in [3.63, 3.8) is 0 Å². The van der Waals surface area contributed by atoms with E-state index in [1.165, 1.54) is 0 Å². The largest absolute Gasteiger partial charge is 0.392 e. The fraction of sp³-hybridized carbons (Fsp3) is 0.385. The number of rotatable bonds is 3. The fourth-order valence-corrected chi connectivity index (χ4v) is 2.24. The van der Waals surface area contributed by atoms with E-state index in [-0.39, 0.29) is 6.10 Å². The van der Waals surface area contributed by atoms with Crippen molar-refractivity contribution in [3.8, 4) is 5.69 Å². The summed E-state index contributed by atoms with van der Waals surface area (Å²) < 4.78 is 0. The molecule has 0 saturated carbocycles. The quantitative estimate of drug-likeness (QED) is 0.869. The van der Waals surface area contributed by atoms with Gasteiger partial charge in [0.1, 0.15) is 0 Å². The molecule has 1 aromatic heterocycles. The zero-order valence-corrected chi connectivity index (χ0v) is 10.1. The van der Waals surface area contributed by atoms with Gasteiger partial charge in [0.15, 0.2) is 0 Å². The number of benzene rings is 1. The van der Waals surface area contributed by atoms with Crippen LogP contribution < -0.4 is 0 Å². The molecule has 1 aliphatic heterocycles. The molecule has 2 aromatic rings. The molecule has 0 aliphatic carbocycles. The van der Waals surface area contributed by atoms with Gasteiger partial charge in [-0.2, -0.15) is 15.0 Å². The van der Waals surface area contributed by atoms with Gasteiger partial charge in [-0.25, -0.2) is 0 Å². The minimum Gasteiger partial charge on any atom is -0.392 e. The van der Waals surface area contributed by atoms with Crippen LogP contribution in [0.5, 0.6) is 0 Å². The predicted molar refractivity (Wildman–Crippen MR) is 67.3 cm³/mol. The highest BCUT2D eigenvalue weighted by Crippen LogP contribution is 2.12. The molecular weight excluding hydrogens is 228 g/mol. The second-order valence-corrected chi connectivity index (χ2v) is 4.64. The molecule has 1 aliphatic rings. The topological polar surface area (TPSA) is 54.2 Å². The van der Waals surface area contributed by atoms with Crippen LogP contribution in [0.2, 0.25) is 0 Å². The van der Waals surface area contributed by atoms with Crippen molar-refractivity contribution < 1.29 is 5.11 Å². The normalized spacial score (nSPS) is 20.4. The monoisotopic (exact) mass is 244 g/mol. The van der Waals surface area contributed by atoms with Gasteiger partial charge in [-0.15, -0.1) is 0 Å². The van der Waals surface area contributed by atoms with Crippen LogP contribution in [0, 0.1) is 0 Å². The number of para-hydroxylation sites is 1. The van der Waals surface area contributed by atoms with Crippen LogP contribution in [0.4, 0.5) is 0 Å². The molecule has 1 unspecified atom stereocenters. The Kier molecular flexibility index (Phi) is 3.08. The zero-order chi connectivity index (χ0) is 12.4. The Hall–Kier alpha value is -1.72. The lowest BCUT2D eigenvalue weighted by Gasteiger charge is -2.11. The van der Waals surface area contributed by atoms with Gasteiger partial charge in [0, 0.05) is 19.6 Å². The summed E-state index contributed by atoms with van der Waals surface area (Å²) in [4.78, 5) is 3.84. The van der Waals surface area contributed by atoms with Crippen molar-refractivity contribution >= 4 is 0 Å². The van der Waals surface area contributed by atoms with Gasteiger partial charge in [0.05, 0.1) is 23.7 Å². The molecule has 2 heterocycles. The van der Waals surface area contributed by atoms with E-state index in [2.05, 4.69) is 15.1 Å². The lowest BCUT2D eigenvalue weighted by Crippen LogP contribution is -2.21. The molecule has 3 rings (SSSR count). The highest BCUT2D eigenvalue weighted by Gasteiger charge is 2.20. The van der Waals surface area contributed by atoms with Crippen molar-refractivity contribution in [3.05, 3.63) is 42.2 Å². The molecule has 5 nitrogen and oxygen atoms in total. The summed E-state index contributed by atoms with van der Waals surface area (Å²) in [6.07, 6.45) is 2.46. The Bertz CT molecular complexity index is 511. The summed E-state index contributed by atoms with van der Waals surface area (Å²) in [5, 5.41) is 18.2. The number of likely N-dealkylation sites (tertiary alicyclic amines) is 1. The predicted octanol–water partition coefficient (Wildman–Crippen LogP) is 0.834. The van der Waals surface area contributed by atoms with Crippen molar-refractivity contribution in [1.82, 2.24) is 19.9 Å². The lowest BCUT2D eigenvalue weighted by molar-refractivity contribution is 0.174. The maximum absolute atomic E-state index is 9.48. The maximum Gasteiger partial charge on any atom is 0.0971 e. The van der Waals surface area contributed by atoms with Gasteiger partial charge < -0.3 is 5.11 Å². The van der Waals surface area contributed by atoms with E-state index in [1.807, 2.05) is 30.3 Å². The van der Waals surface area contributed by atoms with E-state index in [0.717, 1.165) is 37.4 Å². The Balaban J connectivity index is 1.70. The first-order valence-electron chi connectivity index (χ1n) is 6.18. The first-order chi connectivity index (χ1) is 8.81. The van der Waals surface area contributed by atoms with E-state index in [9.17, 15) is 5.11 Å². The molecule has 1 N–H and O–H groups in total. The molecule has 1 aromatic carbocycles. The summed E-state index contributed by atoms with van der Waals surface area (Å²) in [5.74, 6) is 0. The highest BCUT2D eigenvalue weighted by molar-refractivity contribution is 5.28. The molecular formula is C13H16N4O. The van der Waals surface area contributed by atoms with Gasteiger partial charge in [-0.3, -0.25) is 4.90 Å². The standard InChI is InChI=1S/C13H16N4O/c18-13-6-7-16(10-13)9-11-8-14-17(15-11)12-4-2-1-3-5-12/h1-5,8,13,18H,6-7,9-10H2. The van der Waals surface area contributed by atoms with E-state index < -0.39 is 0 Å². The van der Waals surface area contributed by atoms with Crippen LogP contribution in [0.1, 0.15) is 12.1 Å². The van der Waals surface area contributed by atoms with Gasteiger partial charge in [-0.1, -0.05) is 18.2 Å². The van der Waals surface area contributed by atoms with Crippen LogP contribution in [0.3, 0.4) is 0 Å². The summed E-state index contributed by atoms with van der Waals surface area (Å²) >= 11 is 0. The number of nitrogens with zero attached hydrogens (tertiary/aromatic N) is 4. The smallest absolute Gasteiger partial charge is 0.0971 e. The maximum atomic E-state index is 9.48. The van der Waals surface area contributed by atoms with E-state index >= 15 is 0 Å². The average molecular weight is 244 g/mol. The summed E-state index contributed by atoms with van der Waals surface area (Å²) in [5.41, 5.74) is 1.90. The molecule has 1 fully saturated rings. The summed E-state index contributed by atoms with van der Waals surface area (Å²) in [6.45, 7) is 2.42. The van der Waals surface area contributed by atoms with Crippen molar-refractivity contribution in [1.29, 1.82) is 0 Å². The number of aromatic nitrogens is 3. The fourth-order valence-electron chi connectivity index (χ4n) is 2.24. The van der Waals surface area contributed by atoms with Crippen molar-refractivity contribution in [2.24, 2.45) is 0 Å². The highest BCUT2D eigenvalue weighted by atomic mass is 16.3. The third-order valence-electron chi connectivity index (χ3n) is 3.16. The molecule has 94 valence electrons. The molecule has 5 heteroatoms. The second kappa shape index (κ2) is 4.88. The molecule has 1 atom stereocenters. The van der Waals surface area contributed by atoms with Gasteiger partial charge in [0.25, 0.3) is 0 Å². The van der Waals surface area contributed by atoms with Gasteiger partial charge in [-0.05, 0) is 18.6 Å². The van der Waals surface area contributed by atoms with Crippen molar-refractivity contribution in [2.45, 2.75) is 19.1 Å². The summed E-state index contributed by atoms with van der Waals surface area (Å²) in [7, 11) is 0. The number of β-amino-alcohol motifs (C(OH)–C–C–N with tert-alkyl or cyclic N) is 1. The third kappa shape index (κ3) is 2.42. The van der Waals surface area contributed by atoms with Crippen LogP contribution >= 0.6 is 0 Å². The van der Waals surface area contributed by atoms with Crippen LogP contribution in [-0.2, 0) is 6.54 Å². The van der Waals surface area contributed by atoms with Crippen LogP contribution in [0.15, 0.2) is 36.5 Å². The molecule has 18 heavy (non-hydrogen) atoms. The van der Waals surface area contributed by atoms with Crippen molar-refractivity contribution in [2.75, 3.05) is 13.1 Å². The Morgan fingerprint density at radius 2 is 2.11 bits per heavy atom. The Morgan fingerprint density at radius 1 is 1.28 bits per heavy atom. The number of hydrogen-bond donors (Lipinski definition) is 1. The van der Waals surface area contributed by atoms with E-state index in [1.54, 1.807) is 11.0 Å². The zero-order valence-electron chi connectivity index (χ0n) is 10.1. The molecule has 0 bridgehead atoms. The first kappa shape index (κ1) is 11.4. The average Bonchev–Trinajstić information content (AvgIpc) is 3.01. The van der Waals surface area contributed by atoms with Gasteiger partial charge >= 0.3 is 0 Å². The second-order valence-electron chi connectivity index (χ2n) is 4.64. The number of aliphatic hydroxyl groups excluding tert-OH is 1. The van der Waals surface area contributed by atoms with Crippen LogP contribution in [-0.4, -0.2) is 44.2 Å². The molecule has 0 spiro atoms.